The third kappa shape index (κ3) is 1.79. The zero-order valence-corrected chi connectivity index (χ0v) is 5.98. The number of hydrogen-bond acceptors (Lipinski definition) is 2. The van der Waals surface area contributed by atoms with Crippen molar-refractivity contribution in [3.8, 4) is 0 Å². The molecule has 4 N–H and O–H groups in total. The number of carbonyl (C=O) groups excluding carboxylic acids is 1. The summed E-state index contributed by atoms with van der Waals surface area (Å²) in [5.41, 5.74) is 5.06. The van der Waals surface area contributed by atoms with Gasteiger partial charge in [0.05, 0.1) is 6.17 Å². The molecule has 2 amide bonds. The summed E-state index contributed by atoms with van der Waals surface area (Å²) in [5.74, 6) is -1.71. The molecule has 2 unspecified atom stereocenters. The summed E-state index contributed by atoms with van der Waals surface area (Å²) in [6.07, 6.45) is -5.72. The van der Waals surface area contributed by atoms with Gasteiger partial charge in [0, 0.05) is 6.54 Å². The third-order valence-corrected chi connectivity index (χ3v) is 1.63. The Morgan fingerprint density at radius 1 is 1.50 bits per heavy atom. The second-order valence-electron chi connectivity index (χ2n) is 2.53. The molecule has 1 heterocycles. The minimum Gasteiger partial charge on any atom is -0.337 e. The number of alkyl halides is 3. The lowest BCUT2D eigenvalue weighted by Crippen LogP contribution is -2.62. The Labute approximate surface area is 66.3 Å². The quantitative estimate of drug-likeness (QED) is 0.485. The fourth-order valence-electron chi connectivity index (χ4n) is 0.952. The van der Waals surface area contributed by atoms with Crippen LogP contribution in [0.15, 0.2) is 0 Å². The normalized spacial score (nSPS) is 30.8. The molecule has 0 radical (unpaired) electrons. The number of nitrogens with one attached hydrogen (secondary N) is 2. The first-order valence-corrected chi connectivity index (χ1v) is 3.28. The van der Waals surface area contributed by atoms with Crippen molar-refractivity contribution < 1.29 is 18.0 Å². The highest BCUT2D eigenvalue weighted by molar-refractivity contribution is 5.75. The molecular weight excluding hydrogens is 175 g/mol. The van der Waals surface area contributed by atoms with Gasteiger partial charge in [-0.25, -0.2) is 4.79 Å². The largest absolute Gasteiger partial charge is 0.396 e. The second kappa shape index (κ2) is 2.81. The number of halogens is 3. The number of carbonyl (C=O) groups is 1. The molecule has 1 aliphatic rings. The lowest BCUT2D eigenvalue weighted by molar-refractivity contribution is -0.181. The zero-order valence-electron chi connectivity index (χ0n) is 5.98. The molecule has 0 aromatic carbocycles. The van der Waals surface area contributed by atoms with E-state index in [9.17, 15) is 18.0 Å². The molecule has 4 nitrogen and oxygen atoms in total. The summed E-state index contributed by atoms with van der Waals surface area (Å²) in [6.45, 7) is -0.462. The standard InChI is InChI=1S/C5H8F3N3O/c6-5(7,8)2-1-10-4(12)11-3(2)9/h2-3H,1,9H2,(H2,10,11,12). The zero-order chi connectivity index (χ0) is 9.35. The van der Waals surface area contributed by atoms with Crippen LogP contribution in [0, 0.1) is 5.92 Å². The van der Waals surface area contributed by atoms with E-state index in [1.165, 1.54) is 0 Å². The van der Waals surface area contributed by atoms with E-state index < -0.39 is 30.8 Å². The Balaban J connectivity index is 2.62. The van der Waals surface area contributed by atoms with Crippen molar-refractivity contribution in [1.82, 2.24) is 10.6 Å². The van der Waals surface area contributed by atoms with E-state index in [0.717, 1.165) is 0 Å². The van der Waals surface area contributed by atoms with Gasteiger partial charge >= 0.3 is 12.2 Å². The minimum atomic E-state index is -4.37. The van der Waals surface area contributed by atoms with Crippen LogP contribution in [0.4, 0.5) is 18.0 Å². The molecule has 1 saturated heterocycles. The fourth-order valence-corrected chi connectivity index (χ4v) is 0.952. The Morgan fingerprint density at radius 2 is 2.08 bits per heavy atom. The molecular formula is C5H8F3N3O. The van der Waals surface area contributed by atoms with Crippen molar-refractivity contribution >= 4 is 6.03 Å². The minimum absolute atomic E-state index is 0.462. The summed E-state index contributed by atoms with van der Waals surface area (Å²) in [5, 5.41) is 3.96. The molecule has 1 fully saturated rings. The summed E-state index contributed by atoms with van der Waals surface area (Å²) in [6, 6.07) is -0.664. The van der Waals surface area contributed by atoms with Crippen molar-refractivity contribution in [2.45, 2.75) is 12.3 Å². The molecule has 0 aromatic heterocycles. The molecule has 2 atom stereocenters. The number of nitrogens with two attached hydrogens (primary N) is 1. The van der Waals surface area contributed by atoms with Crippen molar-refractivity contribution in [2.75, 3.05) is 6.54 Å². The average Bonchev–Trinajstić information content (AvgIpc) is 1.83. The van der Waals surface area contributed by atoms with Crippen molar-refractivity contribution in [3.05, 3.63) is 0 Å². The summed E-state index contributed by atoms with van der Waals surface area (Å²) in [7, 11) is 0. The highest BCUT2D eigenvalue weighted by atomic mass is 19.4. The molecule has 0 bridgehead atoms. The Morgan fingerprint density at radius 3 is 2.50 bits per heavy atom. The fraction of sp³-hybridized carbons (Fsp3) is 0.800. The van der Waals surface area contributed by atoms with E-state index in [1.807, 2.05) is 10.6 Å². The van der Waals surface area contributed by atoms with E-state index in [2.05, 4.69) is 0 Å². The number of hydrogen-bond donors (Lipinski definition) is 3. The van der Waals surface area contributed by atoms with E-state index in [4.69, 9.17) is 5.73 Å². The van der Waals surface area contributed by atoms with Crippen LogP contribution in [0.25, 0.3) is 0 Å². The van der Waals surface area contributed by atoms with Gasteiger partial charge in [-0.05, 0) is 0 Å². The number of urea groups is 1. The van der Waals surface area contributed by atoms with Gasteiger partial charge in [-0.3, -0.25) is 0 Å². The first kappa shape index (κ1) is 9.11. The summed E-state index contributed by atoms with van der Waals surface area (Å²) < 4.78 is 36.1. The molecule has 7 heteroatoms. The Hall–Kier alpha value is -0.980. The first-order chi connectivity index (χ1) is 5.41. The van der Waals surface area contributed by atoms with E-state index in [1.54, 1.807) is 0 Å². The maximum absolute atomic E-state index is 12.0. The van der Waals surface area contributed by atoms with E-state index >= 15 is 0 Å². The van der Waals surface area contributed by atoms with E-state index in [-0.39, 0.29) is 0 Å². The maximum Gasteiger partial charge on any atom is 0.396 e. The van der Waals surface area contributed by atoms with Crippen LogP contribution in [0.2, 0.25) is 0 Å². The summed E-state index contributed by atoms with van der Waals surface area (Å²) >= 11 is 0. The van der Waals surface area contributed by atoms with Gasteiger partial charge in [-0.15, -0.1) is 0 Å². The second-order valence-corrected chi connectivity index (χ2v) is 2.53. The van der Waals surface area contributed by atoms with Gasteiger partial charge in [0.1, 0.15) is 5.92 Å². The molecule has 70 valence electrons. The highest BCUT2D eigenvalue weighted by Gasteiger charge is 2.45. The molecule has 1 rings (SSSR count). The smallest absolute Gasteiger partial charge is 0.337 e. The van der Waals surface area contributed by atoms with Crippen molar-refractivity contribution in [2.24, 2.45) is 11.7 Å². The predicted octanol–water partition coefficient (Wildman–Crippen LogP) is -0.238. The van der Waals surface area contributed by atoms with Crippen LogP contribution < -0.4 is 16.4 Å². The average molecular weight is 183 g/mol. The van der Waals surface area contributed by atoms with Gasteiger partial charge in [0.2, 0.25) is 0 Å². The summed E-state index contributed by atoms with van der Waals surface area (Å²) in [4.78, 5) is 10.5. The van der Waals surface area contributed by atoms with Gasteiger partial charge in [-0.1, -0.05) is 0 Å². The predicted molar refractivity (Wildman–Crippen MR) is 34.1 cm³/mol. The van der Waals surface area contributed by atoms with Gasteiger partial charge < -0.3 is 16.4 Å². The molecule has 12 heavy (non-hydrogen) atoms. The lowest BCUT2D eigenvalue weighted by Gasteiger charge is -2.31. The van der Waals surface area contributed by atoms with Crippen molar-refractivity contribution in [3.63, 3.8) is 0 Å². The molecule has 0 aliphatic carbocycles. The van der Waals surface area contributed by atoms with Crippen LogP contribution in [-0.4, -0.2) is 24.9 Å². The first-order valence-electron chi connectivity index (χ1n) is 3.28. The molecule has 1 aliphatic heterocycles. The van der Waals surface area contributed by atoms with Crippen molar-refractivity contribution in [1.29, 1.82) is 0 Å². The van der Waals surface area contributed by atoms with Crippen LogP contribution in [0.1, 0.15) is 0 Å². The topological polar surface area (TPSA) is 67.1 Å². The highest BCUT2D eigenvalue weighted by Crippen LogP contribution is 2.27. The third-order valence-electron chi connectivity index (χ3n) is 1.63. The molecule has 0 spiro atoms. The Bertz CT molecular complexity index is 193. The SMILES string of the molecule is NC1NC(=O)NCC1C(F)(F)F. The van der Waals surface area contributed by atoms with Gasteiger partial charge in [0.15, 0.2) is 0 Å². The monoisotopic (exact) mass is 183 g/mol. The van der Waals surface area contributed by atoms with Crippen LogP contribution in [0.3, 0.4) is 0 Å². The lowest BCUT2D eigenvalue weighted by atomic mass is 10.0. The van der Waals surface area contributed by atoms with Crippen LogP contribution in [-0.2, 0) is 0 Å². The Kier molecular flexibility index (Phi) is 2.14. The number of amides is 2. The van der Waals surface area contributed by atoms with Crippen LogP contribution in [0.5, 0.6) is 0 Å². The molecule has 0 saturated carbocycles. The maximum atomic E-state index is 12.0. The van der Waals surface area contributed by atoms with Crippen LogP contribution >= 0.6 is 0 Å². The van der Waals surface area contributed by atoms with E-state index in [0.29, 0.717) is 0 Å². The van der Waals surface area contributed by atoms with Gasteiger partial charge in [-0.2, -0.15) is 13.2 Å². The van der Waals surface area contributed by atoms with Gasteiger partial charge in [0.25, 0.3) is 0 Å². The number of rotatable bonds is 0. The molecule has 0 aromatic rings.